The zero-order chi connectivity index (χ0) is 17.1. The average molecular weight is 328 g/mol. The van der Waals surface area contributed by atoms with Gasteiger partial charge in [-0.3, -0.25) is 4.79 Å². The Morgan fingerprint density at radius 2 is 2.17 bits per heavy atom. The first-order valence-electron chi connectivity index (χ1n) is 8.47. The fourth-order valence-corrected chi connectivity index (χ4v) is 3.37. The Morgan fingerprint density at radius 3 is 2.88 bits per heavy atom. The summed E-state index contributed by atoms with van der Waals surface area (Å²) in [5.74, 6) is 0.797. The lowest BCUT2D eigenvalue weighted by Crippen LogP contribution is -2.38. The number of pyridine rings is 1. The van der Waals surface area contributed by atoms with E-state index in [2.05, 4.69) is 10.1 Å². The molecule has 1 aliphatic rings. The van der Waals surface area contributed by atoms with Crippen LogP contribution in [0.3, 0.4) is 0 Å². The van der Waals surface area contributed by atoms with Crippen molar-refractivity contribution in [3.63, 3.8) is 0 Å². The maximum absolute atomic E-state index is 12.8. The van der Waals surface area contributed by atoms with E-state index < -0.39 is 0 Å². The van der Waals surface area contributed by atoms with Crippen LogP contribution in [0.1, 0.15) is 41.7 Å². The van der Waals surface area contributed by atoms with Crippen LogP contribution in [-0.2, 0) is 0 Å². The molecule has 2 aromatic heterocycles. The largest absolute Gasteiger partial charge is 0.393 e. The van der Waals surface area contributed by atoms with E-state index in [0.29, 0.717) is 17.9 Å². The van der Waals surface area contributed by atoms with E-state index in [-0.39, 0.29) is 17.9 Å². The van der Waals surface area contributed by atoms with E-state index in [1.165, 1.54) is 0 Å². The Kier molecular flexibility index (Phi) is 4.94. The molecule has 0 spiro atoms. The van der Waals surface area contributed by atoms with E-state index in [4.69, 9.17) is 0 Å². The van der Waals surface area contributed by atoms with Crippen molar-refractivity contribution < 1.29 is 9.90 Å². The van der Waals surface area contributed by atoms with Crippen molar-refractivity contribution in [3.05, 3.63) is 41.9 Å². The minimum absolute atomic E-state index is 0.0625. The molecule has 2 aromatic rings. The molecule has 0 aliphatic heterocycles. The molecule has 0 bridgehead atoms. The highest BCUT2D eigenvalue weighted by Crippen LogP contribution is 2.25. The molecule has 0 aromatic carbocycles. The molecule has 1 aliphatic carbocycles. The lowest BCUT2D eigenvalue weighted by Gasteiger charge is -2.31. The van der Waals surface area contributed by atoms with Crippen molar-refractivity contribution in [1.29, 1.82) is 0 Å². The normalized spacial score (nSPS) is 20.8. The third kappa shape index (κ3) is 3.33. The fraction of sp³-hybridized carbons (Fsp3) is 0.500. The smallest absolute Gasteiger partial charge is 0.257 e. The number of aliphatic hydroxyl groups excluding tert-OH is 1. The van der Waals surface area contributed by atoms with Crippen molar-refractivity contribution >= 4 is 5.91 Å². The summed E-state index contributed by atoms with van der Waals surface area (Å²) in [5.41, 5.74) is 1.35. The molecule has 2 unspecified atom stereocenters. The molecule has 1 fully saturated rings. The summed E-state index contributed by atoms with van der Waals surface area (Å²) >= 11 is 0. The van der Waals surface area contributed by atoms with Gasteiger partial charge in [-0.2, -0.15) is 5.10 Å². The second-order valence-electron chi connectivity index (χ2n) is 6.54. The molecule has 24 heavy (non-hydrogen) atoms. The first-order chi connectivity index (χ1) is 11.6. The minimum atomic E-state index is -0.300. The third-order valence-corrected chi connectivity index (χ3v) is 4.83. The van der Waals surface area contributed by atoms with Crippen LogP contribution in [0.25, 0.3) is 5.82 Å². The highest BCUT2D eigenvalue weighted by Gasteiger charge is 2.27. The molecular formula is C18H24N4O2. The molecule has 2 atom stereocenters. The van der Waals surface area contributed by atoms with Gasteiger partial charge in [0.15, 0.2) is 5.82 Å². The Labute approximate surface area is 142 Å². The van der Waals surface area contributed by atoms with Crippen LogP contribution in [0, 0.1) is 12.8 Å². The Hall–Kier alpha value is -2.21. The molecule has 6 nitrogen and oxygen atoms in total. The third-order valence-electron chi connectivity index (χ3n) is 4.83. The Morgan fingerprint density at radius 1 is 1.38 bits per heavy atom. The van der Waals surface area contributed by atoms with Crippen LogP contribution in [0.4, 0.5) is 0 Å². The molecule has 2 heterocycles. The van der Waals surface area contributed by atoms with Crippen LogP contribution in [0.5, 0.6) is 0 Å². The van der Waals surface area contributed by atoms with Gasteiger partial charge in [0, 0.05) is 25.7 Å². The zero-order valence-electron chi connectivity index (χ0n) is 14.2. The summed E-state index contributed by atoms with van der Waals surface area (Å²) < 4.78 is 1.68. The lowest BCUT2D eigenvalue weighted by molar-refractivity contribution is 0.0451. The van der Waals surface area contributed by atoms with Gasteiger partial charge < -0.3 is 10.0 Å². The number of carbonyl (C=O) groups is 1. The SMILES string of the molecule is Cc1c(C(=O)N(C)CC2CCCCC2O)cnn1-c1ccccn1. The van der Waals surface area contributed by atoms with E-state index in [9.17, 15) is 9.90 Å². The number of hydrogen-bond acceptors (Lipinski definition) is 4. The zero-order valence-corrected chi connectivity index (χ0v) is 14.2. The van der Waals surface area contributed by atoms with Crippen LogP contribution < -0.4 is 0 Å². The van der Waals surface area contributed by atoms with Crippen molar-refractivity contribution in [2.45, 2.75) is 38.7 Å². The number of nitrogens with zero attached hydrogens (tertiary/aromatic N) is 4. The molecule has 0 radical (unpaired) electrons. The van der Waals surface area contributed by atoms with Gasteiger partial charge in [-0.25, -0.2) is 9.67 Å². The minimum Gasteiger partial charge on any atom is -0.393 e. The standard InChI is InChI=1S/C18H24N4O2/c1-13-15(11-20-22(13)17-9-5-6-10-19-17)18(24)21(2)12-14-7-3-4-8-16(14)23/h5-6,9-11,14,16,23H,3-4,7-8,12H2,1-2H3. The van der Waals surface area contributed by atoms with Crippen molar-refractivity contribution in [3.8, 4) is 5.82 Å². The monoisotopic (exact) mass is 328 g/mol. The maximum Gasteiger partial charge on any atom is 0.257 e. The molecule has 0 saturated heterocycles. The van der Waals surface area contributed by atoms with Gasteiger partial charge >= 0.3 is 0 Å². The summed E-state index contributed by atoms with van der Waals surface area (Å²) in [6.07, 6.45) is 7.01. The molecule has 1 saturated carbocycles. The molecule has 6 heteroatoms. The summed E-state index contributed by atoms with van der Waals surface area (Å²) in [5, 5.41) is 14.4. The van der Waals surface area contributed by atoms with Gasteiger partial charge in [0.1, 0.15) is 0 Å². The Balaban J connectivity index is 1.74. The van der Waals surface area contributed by atoms with E-state index in [1.807, 2.05) is 25.1 Å². The van der Waals surface area contributed by atoms with E-state index in [0.717, 1.165) is 31.4 Å². The van der Waals surface area contributed by atoms with Crippen molar-refractivity contribution in [2.75, 3.05) is 13.6 Å². The van der Waals surface area contributed by atoms with Gasteiger partial charge in [-0.15, -0.1) is 0 Å². The van der Waals surface area contributed by atoms with E-state index >= 15 is 0 Å². The van der Waals surface area contributed by atoms with Crippen LogP contribution in [0.15, 0.2) is 30.6 Å². The summed E-state index contributed by atoms with van der Waals surface area (Å²) in [6, 6.07) is 5.59. The van der Waals surface area contributed by atoms with E-state index in [1.54, 1.807) is 29.0 Å². The number of carbonyl (C=O) groups excluding carboxylic acids is 1. The molecular weight excluding hydrogens is 304 g/mol. The average Bonchev–Trinajstić information content (AvgIpc) is 2.98. The highest BCUT2D eigenvalue weighted by molar-refractivity contribution is 5.95. The van der Waals surface area contributed by atoms with Gasteiger partial charge in [-0.1, -0.05) is 18.9 Å². The Bertz CT molecular complexity index is 698. The predicted molar refractivity (Wildman–Crippen MR) is 91.0 cm³/mol. The van der Waals surface area contributed by atoms with Crippen LogP contribution in [0.2, 0.25) is 0 Å². The quantitative estimate of drug-likeness (QED) is 0.934. The number of hydrogen-bond donors (Lipinski definition) is 1. The molecule has 1 amide bonds. The predicted octanol–water partition coefficient (Wildman–Crippen LogP) is 2.20. The molecule has 128 valence electrons. The van der Waals surface area contributed by atoms with Crippen LogP contribution >= 0.6 is 0 Å². The number of aliphatic hydroxyl groups is 1. The number of rotatable bonds is 4. The van der Waals surface area contributed by atoms with Gasteiger partial charge in [0.2, 0.25) is 0 Å². The lowest BCUT2D eigenvalue weighted by atomic mass is 9.86. The van der Waals surface area contributed by atoms with Crippen LogP contribution in [-0.4, -0.2) is 50.4 Å². The van der Waals surface area contributed by atoms with Gasteiger partial charge in [-0.05, 0) is 31.9 Å². The number of aromatic nitrogens is 3. The summed E-state index contributed by atoms with van der Waals surface area (Å²) in [6.45, 7) is 2.45. The fourth-order valence-electron chi connectivity index (χ4n) is 3.37. The topological polar surface area (TPSA) is 71.2 Å². The maximum atomic E-state index is 12.8. The van der Waals surface area contributed by atoms with Crippen molar-refractivity contribution in [1.82, 2.24) is 19.7 Å². The highest BCUT2D eigenvalue weighted by atomic mass is 16.3. The molecule has 3 rings (SSSR count). The van der Waals surface area contributed by atoms with Gasteiger partial charge in [0.05, 0.1) is 23.6 Å². The first kappa shape index (κ1) is 16.6. The second-order valence-corrected chi connectivity index (χ2v) is 6.54. The molecule has 1 N–H and O–H groups in total. The summed E-state index contributed by atoms with van der Waals surface area (Å²) in [4.78, 5) is 18.7. The first-order valence-corrected chi connectivity index (χ1v) is 8.47. The summed E-state index contributed by atoms with van der Waals surface area (Å²) in [7, 11) is 1.79. The van der Waals surface area contributed by atoms with Gasteiger partial charge in [0.25, 0.3) is 5.91 Å². The number of amides is 1. The van der Waals surface area contributed by atoms with Crippen molar-refractivity contribution in [2.24, 2.45) is 5.92 Å². The second kappa shape index (κ2) is 7.13.